The van der Waals surface area contributed by atoms with Crippen molar-refractivity contribution in [3.05, 3.63) is 46.6 Å². The Morgan fingerprint density at radius 1 is 1.33 bits per heavy atom. The molecule has 0 aromatic carbocycles. The van der Waals surface area contributed by atoms with Crippen LogP contribution in [0.5, 0.6) is 0 Å². The van der Waals surface area contributed by atoms with Crippen LogP contribution in [-0.4, -0.2) is 9.97 Å². The fourth-order valence-corrected chi connectivity index (χ4v) is 1.65. The lowest BCUT2D eigenvalue weighted by Gasteiger charge is -2.06. The van der Waals surface area contributed by atoms with E-state index in [4.69, 9.17) is 0 Å². The highest BCUT2D eigenvalue weighted by molar-refractivity contribution is 9.10. The molecule has 2 rings (SSSR count). The second-order valence-electron chi connectivity index (χ2n) is 3.13. The van der Waals surface area contributed by atoms with Crippen molar-refractivity contribution in [1.29, 1.82) is 0 Å². The van der Waals surface area contributed by atoms with Gasteiger partial charge in [-0.2, -0.15) is 0 Å². The number of pyridine rings is 2. The molecule has 2 aromatic rings. The van der Waals surface area contributed by atoms with Gasteiger partial charge in [0.25, 0.3) is 0 Å². The van der Waals surface area contributed by atoms with Gasteiger partial charge in [0, 0.05) is 28.6 Å². The molecule has 4 heteroatoms. The maximum atomic E-state index is 13.5. The molecule has 0 aliphatic heterocycles. The zero-order valence-corrected chi connectivity index (χ0v) is 9.62. The highest BCUT2D eigenvalue weighted by Crippen LogP contribution is 2.27. The molecule has 0 unspecified atom stereocenters. The van der Waals surface area contributed by atoms with Gasteiger partial charge in [-0.25, -0.2) is 4.39 Å². The van der Waals surface area contributed by atoms with Gasteiger partial charge < -0.3 is 0 Å². The first-order chi connectivity index (χ1) is 7.20. The number of nitrogens with zero attached hydrogens (tertiary/aromatic N) is 2. The van der Waals surface area contributed by atoms with Gasteiger partial charge in [-0.3, -0.25) is 9.97 Å². The van der Waals surface area contributed by atoms with Crippen molar-refractivity contribution in [1.82, 2.24) is 9.97 Å². The number of halogens is 2. The number of aromatic nitrogens is 2. The molecular formula is C11H8BrFN2. The van der Waals surface area contributed by atoms with E-state index in [1.807, 2.05) is 6.92 Å². The van der Waals surface area contributed by atoms with Crippen molar-refractivity contribution in [3.8, 4) is 11.3 Å². The molecule has 2 aromatic heterocycles. The first-order valence-corrected chi connectivity index (χ1v) is 5.20. The lowest BCUT2D eigenvalue weighted by Crippen LogP contribution is -1.92. The van der Waals surface area contributed by atoms with Crippen LogP contribution in [0.3, 0.4) is 0 Å². The van der Waals surface area contributed by atoms with Gasteiger partial charge >= 0.3 is 0 Å². The van der Waals surface area contributed by atoms with Crippen LogP contribution in [-0.2, 0) is 0 Å². The third kappa shape index (κ3) is 1.90. The average Bonchev–Trinajstić information content (AvgIpc) is 2.23. The quantitative estimate of drug-likeness (QED) is 0.791. The van der Waals surface area contributed by atoms with Crippen LogP contribution < -0.4 is 0 Å². The Labute approximate surface area is 95.3 Å². The van der Waals surface area contributed by atoms with Crippen molar-refractivity contribution < 1.29 is 4.39 Å². The third-order valence-electron chi connectivity index (χ3n) is 2.17. The van der Waals surface area contributed by atoms with Gasteiger partial charge in [0.1, 0.15) is 11.5 Å². The van der Waals surface area contributed by atoms with E-state index in [1.165, 1.54) is 6.07 Å². The minimum absolute atomic E-state index is 0.333. The van der Waals surface area contributed by atoms with Crippen molar-refractivity contribution in [2.24, 2.45) is 0 Å². The van der Waals surface area contributed by atoms with Gasteiger partial charge in [-0.05, 0) is 40.5 Å². The van der Waals surface area contributed by atoms with Crippen LogP contribution in [0.1, 0.15) is 5.56 Å². The molecule has 2 heterocycles. The molecule has 0 aliphatic rings. The monoisotopic (exact) mass is 266 g/mol. The summed E-state index contributed by atoms with van der Waals surface area (Å²) >= 11 is 3.36. The van der Waals surface area contributed by atoms with E-state index in [0.717, 1.165) is 10.0 Å². The molecule has 0 saturated carbocycles. The molecule has 0 saturated heterocycles. The first-order valence-electron chi connectivity index (χ1n) is 4.41. The Hall–Kier alpha value is -1.29. The molecule has 0 bridgehead atoms. The zero-order chi connectivity index (χ0) is 10.8. The largest absolute Gasteiger partial charge is 0.263 e. The lowest BCUT2D eigenvalue weighted by molar-refractivity contribution is 0.625. The normalized spacial score (nSPS) is 10.3. The van der Waals surface area contributed by atoms with Crippen LogP contribution in [0.2, 0.25) is 0 Å². The summed E-state index contributed by atoms with van der Waals surface area (Å²) < 4.78 is 14.3. The van der Waals surface area contributed by atoms with E-state index < -0.39 is 0 Å². The number of hydrogen-bond acceptors (Lipinski definition) is 2. The summed E-state index contributed by atoms with van der Waals surface area (Å²) in [4.78, 5) is 8.02. The maximum Gasteiger partial charge on any atom is 0.149 e. The van der Waals surface area contributed by atoms with Crippen LogP contribution in [0.4, 0.5) is 4.39 Å². The molecule has 0 amide bonds. The van der Waals surface area contributed by atoms with Crippen molar-refractivity contribution >= 4 is 15.9 Å². The molecule has 0 aliphatic carbocycles. The predicted molar refractivity (Wildman–Crippen MR) is 59.9 cm³/mol. The summed E-state index contributed by atoms with van der Waals surface area (Å²) in [6.45, 7) is 1.90. The van der Waals surface area contributed by atoms with Gasteiger partial charge in [0.05, 0.1) is 0 Å². The van der Waals surface area contributed by atoms with Crippen LogP contribution in [0, 0.1) is 12.7 Å². The van der Waals surface area contributed by atoms with Gasteiger partial charge in [-0.1, -0.05) is 0 Å². The summed E-state index contributed by atoms with van der Waals surface area (Å²) in [6.07, 6.45) is 4.87. The number of hydrogen-bond donors (Lipinski definition) is 0. The zero-order valence-electron chi connectivity index (χ0n) is 8.04. The van der Waals surface area contributed by atoms with Crippen LogP contribution in [0.25, 0.3) is 11.3 Å². The lowest BCUT2D eigenvalue weighted by atomic mass is 10.1. The molecule has 0 N–H and O–H groups in total. The second kappa shape index (κ2) is 4.06. The van der Waals surface area contributed by atoms with Gasteiger partial charge in [0.15, 0.2) is 0 Å². The minimum Gasteiger partial charge on any atom is -0.263 e. The van der Waals surface area contributed by atoms with E-state index in [2.05, 4.69) is 25.9 Å². The van der Waals surface area contributed by atoms with E-state index in [-0.39, 0.29) is 5.82 Å². The fourth-order valence-electron chi connectivity index (χ4n) is 1.32. The molecule has 0 spiro atoms. The van der Waals surface area contributed by atoms with Crippen molar-refractivity contribution in [3.63, 3.8) is 0 Å². The molecule has 0 atom stereocenters. The summed E-state index contributed by atoms with van der Waals surface area (Å²) in [7, 11) is 0. The summed E-state index contributed by atoms with van der Waals surface area (Å²) in [6, 6.07) is 2.96. The van der Waals surface area contributed by atoms with E-state index in [9.17, 15) is 4.39 Å². The van der Waals surface area contributed by atoms with Crippen molar-refractivity contribution in [2.75, 3.05) is 0 Å². The number of rotatable bonds is 1. The highest BCUT2D eigenvalue weighted by atomic mass is 79.9. The molecule has 0 radical (unpaired) electrons. The second-order valence-corrected chi connectivity index (χ2v) is 3.98. The highest BCUT2D eigenvalue weighted by Gasteiger charge is 2.10. The summed E-state index contributed by atoms with van der Waals surface area (Å²) in [5.41, 5.74) is 1.98. The van der Waals surface area contributed by atoms with E-state index in [0.29, 0.717) is 11.3 Å². The Morgan fingerprint density at radius 2 is 2.13 bits per heavy atom. The summed E-state index contributed by atoms with van der Waals surface area (Å²) in [5.74, 6) is -0.333. The molecule has 0 fully saturated rings. The van der Waals surface area contributed by atoms with Gasteiger partial charge in [0.2, 0.25) is 0 Å². The fraction of sp³-hybridized carbons (Fsp3) is 0.0909. The predicted octanol–water partition coefficient (Wildman–Crippen LogP) is 3.35. The Morgan fingerprint density at radius 3 is 2.87 bits per heavy atom. The SMILES string of the molecule is Cc1c(Br)cncc1-c1ncccc1F. The maximum absolute atomic E-state index is 13.5. The summed E-state index contributed by atoms with van der Waals surface area (Å²) in [5, 5.41) is 0. The smallest absolute Gasteiger partial charge is 0.149 e. The van der Waals surface area contributed by atoms with Gasteiger partial charge in [-0.15, -0.1) is 0 Å². The Kier molecular flexibility index (Phi) is 2.77. The van der Waals surface area contributed by atoms with Crippen molar-refractivity contribution in [2.45, 2.75) is 6.92 Å². The molecule has 2 nitrogen and oxygen atoms in total. The Bertz CT molecular complexity index is 500. The topological polar surface area (TPSA) is 25.8 Å². The Balaban J connectivity index is 2.65. The van der Waals surface area contributed by atoms with E-state index >= 15 is 0 Å². The average molecular weight is 267 g/mol. The first kappa shape index (κ1) is 10.2. The molecule has 76 valence electrons. The standard InChI is InChI=1S/C11H8BrFN2/c1-7-8(5-14-6-9(7)12)11-10(13)3-2-4-15-11/h2-6H,1H3. The minimum atomic E-state index is -0.333. The van der Waals surface area contributed by atoms with Crippen LogP contribution in [0.15, 0.2) is 35.2 Å². The third-order valence-corrected chi connectivity index (χ3v) is 2.97. The molecule has 15 heavy (non-hydrogen) atoms. The van der Waals surface area contributed by atoms with Crippen LogP contribution >= 0.6 is 15.9 Å². The molecular weight excluding hydrogens is 259 g/mol. The van der Waals surface area contributed by atoms with E-state index in [1.54, 1.807) is 24.7 Å².